The van der Waals surface area contributed by atoms with E-state index < -0.39 is 0 Å². The van der Waals surface area contributed by atoms with E-state index in [1.165, 1.54) is 12.7 Å². The molecule has 0 bridgehead atoms. The van der Waals surface area contributed by atoms with Gasteiger partial charge in [-0.05, 0) is 24.8 Å². The number of hydrogen-bond donors (Lipinski definition) is 2. The maximum absolute atomic E-state index is 11.7. The number of aryl methyl sites for hydroxylation is 1. The lowest BCUT2D eigenvalue weighted by atomic mass is 10.1. The van der Waals surface area contributed by atoms with Crippen molar-refractivity contribution in [2.45, 2.75) is 38.6 Å². The Morgan fingerprint density at radius 1 is 1.24 bits per heavy atom. The Bertz CT molecular complexity index is 434. The van der Waals surface area contributed by atoms with E-state index in [9.17, 15) is 9.59 Å². The fourth-order valence-corrected chi connectivity index (χ4v) is 1.96. The molecule has 1 rings (SSSR count). The van der Waals surface area contributed by atoms with Gasteiger partial charge in [0.15, 0.2) is 0 Å². The second-order valence-electron chi connectivity index (χ2n) is 4.87. The van der Waals surface area contributed by atoms with Gasteiger partial charge >= 0.3 is 12.0 Å². The number of carbonyl (C=O) groups excluding carboxylic acids is 2. The summed E-state index contributed by atoms with van der Waals surface area (Å²) in [5.74, 6) is -0.314. The van der Waals surface area contributed by atoms with E-state index in [0.717, 1.165) is 12.8 Å². The molecule has 2 N–H and O–H groups in total. The minimum atomic E-state index is -0.314. The van der Waals surface area contributed by atoms with Gasteiger partial charge in [-0.2, -0.15) is 0 Å². The number of urea groups is 1. The maximum atomic E-state index is 11.7. The predicted molar refractivity (Wildman–Crippen MR) is 82.0 cm³/mol. The molecule has 0 aromatic heterocycles. The number of amides is 2. The molecule has 1 atom stereocenters. The average molecular weight is 292 g/mol. The predicted octanol–water partition coefficient (Wildman–Crippen LogP) is 2.26. The van der Waals surface area contributed by atoms with Crippen molar-refractivity contribution >= 4 is 12.0 Å². The van der Waals surface area contributed by atoms with Crippen LogP contribution in [0.25, 0.3) is 0 Å². The van der Waals surface area contributed by atoms with Crippen molar-refractivity contribution in [2.75, 3.05) is 13.7 Å². The molecular weight excluding hydrogens is 268 g/mol. The van der Waals surface area contributed by atoms with E-state index in [2.05, 4.69) is 27.5 Å². The molecule has 1 aromatic rings. The zero-order valence-electron chi connectivity index (χ0n) is 12.7. The molecule has 21 heavy (non-hydrogen) atoms. The van der Waals surface area contributed by atoms with Crippen LogP contribution in [0.3, 0.4) is 0 Å². The van der Waals surface area contributed by atoms with Gasteiger partial charge in [-0.1, -0.05) is 37.3 Å². The first-order chi connectivity index (χ1) is 10.2. The highest BCUT2D eigenvalue weighted by Gasteiger charge is 2.14. The molecule has 0 saturated carbocycles. The van der Waals surface area contributed by atoms with Crippen LogP contribution in [0.5, 0.6) is 0 Å². The lowest BCUT2D eigenvalue weighted by Crippen LogP contribution is -2.43. The van der Waals surface area contributed by atoms with Crippen LogP contribution in [0.15, 0.2) is 30.3 Å². The largest absolute Gasteiger partial charge is 0.469 e. The Balaban J connectivity index is 2.19. The van der Waals surface area contributed by atoms with Crippen molar-refractivity contribution in [3.05, 3.63) is 35.9 Å². The molecule has 0 heterocycles. The van der Waals surface area contributed by atoms with Gasteiger partial charge in [0.1, 0.15) is 0 Å². The summed E-state index contributed by atoms with van der Waals surface area (Å²) < 4.78 is 4.60. The van der Waals surface area contributed by atoms with Crippen molar-refractivity contribution in [1.82, 2.24) is 10.6 Å². The number of ether oxygens (including phenoxy) is 1. The summed E-state index contributed by atoms with van der Waals surface area (Å²) in [6.45, 7) is 2.53. The number of hydrogen-bond acceptors (Lipinski definition) is 3. The monoisotopic (exact) mass is 292 g/mol. The van der Waals surface area contributed by atoms with E-state index in [-0.39, 0.29) is 24.5 Å². The molecular formula is C16H24N2O3. The molecule has 0 aliphatic rings. The Morgan fingerprint density at radius 2 is 1.95 bits per heavy atom. The smallest absolute Gasteiger partial charge is 0.315 e. The summed E-state index contributed by atoms with van der Waals surface area (Å²) in [6, 6.07) is 9.72. The SMILES string of the molecule is CCC(CC(=O)OC)NC(=O)NCCCc1ccccc1. The summed E-state index contributed by atoms with van der Waals surface area (Å²) in [5.41, 5.74) is 1.26. The zero-order chi connectivity index (χ0) is 15.5. The van der Waals surface area contributed by atoms with Crippen LogP contribution >= 0.6 is 0 Å². The minimum Gasteiger partial charge on any atom is -0.469 e. The molecule has 5 heteroatoms. The van der Waals surface area contributed by atoms with Crippen LogP contribution in [0, 0.1) is 0 Å². The first kappa shape index (κ1) is 17.0. The van der Waals surface area contributed by atoms with Crippen LogP contribution in [-0.2, 0) is 16.0 Å². The van der Waals surface area contributed by atoms with E-state index >= 15 is 0 Å². The Kier molecular flexibility index (Phi) is 7.94. The third kappa shape index (κ3) is 7.34. The number of esters is 1. The molecule has 116 valence electrons. The number of nitrogens with one attached hydrogen (secondary N) is 2. The molecule has 2 amide bonds. The van der Waals surface area contributed by atoms with E-state index in [1.54, 1.807) is 0 Å². The Labute approximate surface area is 126 Å². The highest BCUT2D eigenvalue weighted by atomic mass is 16.5. The maximum Gasteiger partial charge on any atom is 0.315 e. The number of benzene rings is 1. The van der Waals surface area contributed by atoms with Crippen molar-refractivity contribution in [1.29, 1.82) is 0 Å². The molecule has 1 aromatic carbocycles. The lowest BCUT2D eigenvalue weighted by Gasteiger charge is -2.16. The van der Waals surface area contributed by atoms with E-state index in [0.29, 0.717) is 13.0 Å². The van der Waals surface area contributed by atoms with Gasteiger partial charge in [0.05, 0.1) is 13.5 Å². The molecule has 0 radical (unpaired) electrons. The number of methoxy groups -OCH3 is 1. The summed E-state index contributed by atoms with van der Waals surface area (Å²) in [4.78, 5) is 22.9. The van der Waals surface area contributed by atoms with Crippen LogP contribution in [-0.4, -0.2) is 31.7 Å². The van der Waals surface area contributed by atoms with Crippen molar-refractivity contribution < 1.29 is 14.3 Å². The fraction of sp³-hybridized carbons (Fsp3) is 0.500. The standard InChI is InChI=1S/C16H24N2O3/c1-3-14(12-15(19)21-2)18-16(20)17-11-7-10-13-8-5-4-6-9-13/h4-6,8-9,14H,3,7,10-12H2,1-2H3,(H2,17,18,20). The van der Waals surface area contributed by atoms with E-state index in [1.807, 2.05) is 25.1 Å². The summed E-state index contributed by atoms with van der Waals surface area (Å²) in [7, 11) is 1.35. The van der Waals surface area contributed by atoms with Crippen molar-refractivity contribution in [3.63, 3.8) is 0 Å². The second kappa shape index (κ2) is 9.80. The van der Waals surface area contributed by atoms with Gasteiger partial charge in [-0.15, -0.1) is 0 Å². The quantitative estimate of drug-likeness (QED) is 0.570. The third-order valence-electron chi connectivity index (χ3n) is 3.24. The molecule has 0 spiro atoms. The summed E-state index contributed by atoms with van der Waals surface area (Å²) in [6.07, 6.45) is 2.70. The molecule has 0 aliphatic heterocycles. The summed E-state index contributed by atoms with van der Waals surface area (Å²) >= 11 is 0. The fourth-order valence-electron chi connectivity index (χ4n) is 1.96. The van der Waals surface area contributed by atoms with Crippen LogP contribution in [0.1, 0.15) is 31.7 Å². The van der Waals surface area contributed by atoms with E-state index in [4.69, 9.17) is 0 Å². The molecule has 5 nitrogen and oxygen atoms in total. The van der Waals surface area contributed by atoms with Gasteiger partial charge < -0.3 is 15.4 Å². The van der Waals surface area contributed by atoms with Crippen LogP contribution < -0.4 is 10.6 Å². The third-order valence-corrected chi connectivity index (χ3v) is 3.24. The molecule has 0 saturated heterocycles. The molecule has 1 unspecified atom stereocenters. The Hall–Kier alpha value is -2.04. The molecule has 0 fully saturated rings. The van der Waals surface area contributed by atoms with Crippen LogP contribution in [0.2, 0.25) is 0 Å². The van der Waals surface area contributed by atoms with Gasteiger partial charge in [0.2, 0.25) is 0 Å². The molecule has 0 aliphatic carbocycles. The average Bonchev–Trinajstić information content (AvgIpc) is 2.51. The highest BCUT2D eigenvalue weighted by Crippen LogP contribution is 2.02. The highest BCUT2D eigenvalue weighted by molar-refractivity contribution is 5.76. The zero-order valence-corrected chi connectivity index (χ0v) is 12.7. The van der Waals surface area contributed by atoms with Crippen LogP contribution in [0.4, 0.5) is 4.79 Å². The van der Waals surface area contributed by atoms with Gasteiger partial charge in [0, 0.05) is 12.6 Å². The van der Waals surface area contributed by atoms with Crippen molar-refractivity contribution in [3.8, 4) is 0 Å². The normalized spacial score (nSPS) is 11.5. The Morgan fingerprint density at radius 3 is 2.57 bits per heavy atom. The second-order valence-corrected chi connectivity index (χ2v) is 4.87. The van der Waals surface area contributed by atoms with Gasteiger partial charge in [0.25, 0.3) is 0 Å². The minimum absolute atomic E-state index is 0.188. The lowest BCUT2D eigenvalue weighted by molar-refractivity contribution is -0.141. The van der Waals surface area contributed by atoms with Gasteiger partial charge in [-0.25, -0.2) is 4.79 Å². The number of rotatable bonds is 8. The first-order valence-corrected chi connectivity index (χ1v) is 7.30. The van der Waals surface area contributed by atoms with Gasteiger partial charge in [-0.3, -0.25) is 4.79 Å². The first-order valence-electron chi connectivity index (χ1n) is 7.30. The topological polar surface area (TPSA) is 67.4 Å². The summed E-state index contributed by atoms with van der Waals surface area (Å²) in [5, 5.41) is 5.59. The van der Waals surface area contributed by atoms with Crippen molar-refractivity contribution in [2.24, 2.45) is 0 Å². The number of carbonyl (C=O) groups is 2.